The number of piperidine rings is 1. The maximum Gasteiger partial charge on any atom is 0.307 e. The van der Waals surface area contributed by atoms with Gasteiger partial charge in [0.05, 0.1) is 13.5 Å². The van der Waals surface area contributed by atoms with Crippen molar-refractivity contribution >= 4 is 11.9 Å². The Morgan fingerprint density at radius 1 is 1.25 bits per heavy atom. The van der Waals surface area contributed by atoms with Crippen molar-refractivity contribution in [2.24, 2.45) is 0 Å². The van der Waals surface area contributed by atoms with E-state index in [4.69, 9.17) is 9.47 Å². The van der Waals surface area contributed by atoms with Gasteiger partial charge in [0.15, 0.2) is 5.60 Å². The Bertz CT molecular complexity index is 585. The lowest BCUT2D eigenvalue weighted by atomic mass is 9.96. The Kier molecular flexibility index (Phi) is 5.80. The van der Waals surface area contributed by atoms with Crippen LogP contribution in [0.3, 0.4) is 0 Å². The third kappa shape index (κ3) is 4.46. The topological polar surface area (TPSA) is 55.8 Å². The third-order valence-electron chi connectivity index (χ3n) is 4.22. The molecule has 1 aromatic rings. The number of amides is 1. The van der Waals surface area contributed by atoms with Crippen LogP contribution in [-0.2, 0) is 14.3 Å². The molecule has 0 aliphatic carbocycles. The molecule has 1 amide bonds. The first-order chi connectivity index (χ1) is 11.3. The minimum Gasteiger partial charge on any atom is -0.478 e. The summed E-state index contributed by atoms with van der Waals surface area (Å²) in [5, 5.41) is 0. The second-order valence-corrected chi connectivity index (χ2v) is 6.49. The van der Waals surface area contributed by atoms with Crippen molar-refractivity contribution < 1.29 is 23.5 Å². The predicted octanol–water partition coefficient (Wildman–Crippen LogP) is 2.93. The van der Waals surface area contributed by atoms with Crippen molar-refractivity contribution in [1.82, 2.24) is 4.90 Å². The zero-order valence-electron chi connectivity index (χ0n) is 14.4. The van der Waals surface area contributed by atoms with E-state index in [0.29, 0.717) is 12.3 Å². The minimum atomic E-state index is -1.11. The fraction of sp³-hybridized carbons (Fsp3) is 0.556. The van der Waals surface area contributed by atoms with Gasteiger partial charge in [-0.25, -0.2) is 4.39 Å². The SMILES string of the molecule is COC(=O)CC1CCCCN1C(=O)C(C)(C)Oc1ccc(F)cc1. The van der Waals surface area contributed by atoms with Crippen LogP contribution in [0.15, 0.2) is 24.3 Å². The van der Waals surface area contributed by atoms with E-state index in [2.05, 4.69) is 0 Å². The molecule has 24 heavy (non-hydrogen) atoms. The number of carbonyl (C=O) groups excluding carboxylic acids is 2. The zero-order chi connectivity index (χ0) is 17.7. The molecule has 0 spiro atoms. The number of benzene rings is 1. The van der Waals surface area contributed by atoms with Crippen LogP contribution in [0.2, 0.25) is 0 Å². The predicted molar refractivity (Wildman–Crippen MR) is 87.1 cm³/mol. The fourth-order valence-corrected chi connectivity index (χ4v) is 2.94. The molecule has 1 aromatic carbocycles. The van der Waals surface area contributed by atoms with Gasteiger partial charge in [0.25, 0.3) is 5.91 Å². The van der Waals surface area contributed by atoms with Gasteiger partial charge in [0, 0.05) is 12.6 Å². The van der Waals surface area contributed by atoms with E-state index in [0.717, 1.165) is 19.3 Å². The Morgan fingerprint density at radius 3 is 2.54 bits per heavy atom. The molecule has 0 N–H and O–H groups in total. The van der Waals surface area contributed by atoms with Crippen molar-refractivity contribution in [2.75, 3.05) is 13.7 Å². The average Bonchev–Trinajstić information content (AvgIpc) is 2.56. The number of carbonyl (C=O) groups is 2. The second-order valence-electron chi connectivity index (χ2n) is 6.49. The van der Waals surface area contributed by atoms with E-state index in [1.807, 2.05) is 0 Å². The quantitative estimate of drug-likeness (QED) is 0.775. The largest absolute Gasteiger partial charge is 0.478 e. The molecule has 1 heterocycles. The molecule has 1 atom stereocenters. The van der Waals surface area contributed by atoms with Gasteiger partial charge in [-0.2, -0.15) is 0 Å². The summed E-state index contributed by atoms with van der Waals surface area (Å²) in [6.07, 6.45) is 2.84. The van der Waals surface area contributed by atoms with E-state index in [1.54, 1.807) is 18.7 Å². The van der Waals surface area contributed by atoms with Gasteiger partial charge < -0.3 is 14.4 Å². The minimum absolute atomic E-state index is 0.171. The van der Waals surface area contributed by atoms with Crippen LogP contribution in [0.25, 0.3) is 0 Å². The number of hydrogen-bond acceptors (Lipinski definition) is 4. The molecular weight excluding hydrogens is 313 g/mol. The lowest BCUT2D eigenvalue weighted by molar-refractivity contribution is -0.152. The molecule has 2 rings (SSSR count). The van der Waals surface area contributed by atoms with Crippen LogP contribution in [0.5, 0.6) is 5.75 Å². The van der Waals surface area contributed by atoms with Crippen LogP contribution >= 0.6 is 0 Å². The highest BCUT2D eigenvalue weighted by Crippen LogP contribution is 2.26. The summed E-state index contributed by atoms with van der Waals surface area (Å²) in [7, 11) is 1.35. The Labute approximate surface area is 141 Å². The normalized spacial score (nSPS) is 18.2. The van der Waals surface area contributed by atoms with Crippen molar-refractivity contribution in [2.45, 2.75) is 51.2 Å². The first kappa shape index (κ1) is 18.2. The first-order valence-corrected chi connectivity index (χ1v) is 8.16. The molecule has 1 unspecified atom stereocenters. The van der Waals surface area contributed by atoms with E-state index in [-0.39, 0.29) is 30.2 Å². The molecule has 0 bridgehead atoms. The summed E-state index contributed by atoms with van der Waals surface area (Å²) in [5.41, 5.74) is -1.11. The monoisotopic (exact) mass is 337 g/mol. The highest BCUT2D eigenvalue weighted by atomic mass is 19.1. The number of nitrogens with zero attached hydrogens (tertiary/aromatic N) is 1. The molecule has 1 aliphatic rings. The van der Waals surface area contributed by atoms with Crippen LogP contribution < -0.4 is 4.74 Å². The van der Waals surface area contributed by atoms with Crippen molar-refractivity contribution in [3.63, 3.8) is 0 Å². The van der Waals surface area contributed by atoms with Gasteiger partial charge in [0.1, 0.15) is 11.6 Å². The summed E-state index contributed by atoms with van der Waals surface area (Å²) < 4.78 is 23.5. The number of hydrogen-bond donors (Lipinski definition) is 0. The summed E-state index contributed by atoms with van der Waals surface area (Å²) in [6.45, 7) is 3.96. The van der Waals surface area contributed by atoms with E-state index >= 15 is 0 Å². The highest BCUT2D eigenvalue weighted by molar-refractivity contribution is 5.85. The van der Waals surface area contributed by atoms with Crippen LogP contribution in [-0.4, -0.2) is 42.1 Å². The van der Waals surface area contributed by atoms with Gasteiger partial charge in [0.2, 0.25) is 0 Å². The van der Waals surface area contributed by atoms with E-state index < -0.39 is 5.60 Å². The maximum absolute atomic E-state index is 13.0. The highest BCUT2D eigenvalue weighted by Gasteiger charge is 2.39. The fourth-order valence-electron chi connectivity index (χ4n) is 2.94. The lowest BCUT2D eigenvalue weighted by Crippen LogP contribution is -2.54. The molecule has 1 fully saturated rings. The molecule has 132 valence electrons. The van der Waals surface area contributed by atoms with Gasteiger partial charge in [-0.05, 0) is 57.4 Å². The molecule has 6 heteroatoms. The summed E-state index contributed by atoms with van der Waals surface area (Å²) >= 11 is 0. The van der Waals surface area contributed by atoms with Crippen LogP contribution in [0.1, 0.15) is 39.5 Å². The summed E-state index contributed by atoms with van der Waals surface area (Å²) in [4.78, 5) is 26.3. The summed E-state index contributed by atoms with van der Waals surface area (Å²) in [6, 6.07) is 5.39. The number of likely N-dealkylation sites (tertiary alicyclic amines) is 1. The standard InChI is InChI=1S/C18H24FNO4/c1-18(2,24-15-9-7-13(19)8-10-15)17(22)20-11-5-4-6-14(20)12-16(21)23-3/h7-10,14H,4-6,11-12H2,1-3H3. The number of rotatable bonds is 5. The average molecular weight is 337 g/mol. The molecule has 1 saturated heterocycles. The van der Waals surface area contributed by atoms with Gasteiger partial charge in [-0.15, -0.1) is 0 Å². The Balaban J connectivity index is 2.10. The Morgan fingerprint density at radius 2 is 1.92 bits per heavy atom. The Hall–Kier alpha value is -2.11. The number of methoxy groups -OCH3 is 1. The zero-order valence-corrected chi connectivity index (χ0v) is 14.4. The van der Waals surface area contributed by atoms with Crippen LogP contribution in [0.4, 0.5) is 4.39 Å². The van der Waals surface area contributed by atoms with Gasteiger partial charge >= 0.3 is 5.97 Å². The van der Waals surface area contributed by atoms with Gasteiger partial charge in [-0.1, -0.05) is 0 Å². The molecule has 0 aromatic heterocycles. The third-order valence-corrected chi connectivity index (χ3v) is 4.22. The van der Waals surface area contributed by atoms with Crippen molar-refractivity contribution in [3.8, 4) is 5.75 Å². The molecule has 0 saturated carbocycles. The summed E-state index contributed by atoms with van der Waals surface area (Å²) in [5.74, 6) is -0.436. The van der Waals surface area contributed by atoms with Gasteiger partial charge in [-0.3, -0.25) is 9.59 Å². The number of halogens is 1. The lowest BCUT2D eigenvalue weighted by Gasteiger charge is -2.39. The smallest absolute Gasteiger partial charge is 0.307 e. The number of ether oxygens (including phenoxy) is 2. The number of esters is 1. The molecule has 5 nitrogen and oxygen atoms in total. The van der Waals surface area contributed by atoms with E-state index in [9.17, 15) is 14.0 Å². The molecule has 0 radical (unpaired) electrons. The first-order valence-electron chi connectivity index (χ1n) is 8.16. The molecular formula is C18H24FNO4. The van der Waals surface area contributed by atoms with E-state index in [1.165, 1.54) is 31.4 Å². The van der Waals surface area contributed by atoms with Crippen LogP contribution in [0, 0.1) is 5.82 Å². The molecule has 1 aliphatic heterocycles. The van der Waals surface area contributed by atoms with Crippen molar-refractivity contribution in [3.05, 3.63) is 30.1 Å². The second kappa shape index (κ2) is 7.64. The maximum atomic E-state index is 13.0. The van der Waals surface area contributed by atoms with Crippen molar-refractivity contribution in [1.29, 1.82) is 0 Å².